The Kier molecular flexibility index (Phi) is 14.7. The number of sulfonamides is 1. The summed E-state index contributed by atoms with van der Waals surface area (Å²) in [5.74, 6) is -2.50. The molecular formula is C60H66F3N9O10S. The first-order valence-electron chi connectivity index (χ1n) is 28.7. The van der Waals surface area contributed by atoms with Gasteiger partial charge < -0.3 is 43.8 Å². The minimum Gasteiger partial charge on any atom is -0.491 e. The van der Waals surface area contributed by atoms with E-state index in [1.165, 1.54) is 12.1 Å². The first kappa shape index (κ1) is 55.0. The molecule has 6 aliphatic heterocycles. The number of fused-ring (bicyclic) bond motifs is 4. The number of piperidine rings is 1. The molecule has 438 valence electrons. The van der Waals surface area contributed by atoms with Crippen molar-refractivity contribution in [3.8, 4) is 17.4 Å². The molecule has 19 nitrogen and oxygen atoms in total. The van der Waals surface area contributed by atoms with Crippen molar-refractivity contribution in [3.05, 3.63) is 129 Å². The number of carbonyl (C=O) groups excluding carboxylic acids is 1. The van der Waals surface area contributed by atoms with Gasteiger partial charge in [-0.25, -0.2) is 26.3 Å². The van der Waals surface area contributed by atoms with E-state index in [4.69, 9.17) is 28.7 Å². The molecule has 1 spiro atoms. The molecule has 1 aliphatic carbocycles. The topological polar surface area (TPSA) is 206 Å². The minimum absolute atomic E-state index is 0.0125. The second-order valence-corrected chi connectivity index (χ2v) is 25.2. The summed E-state index contributed by atoms with van der Waals surface area (Å²) < 4.78 is 107. The van der Waals surface area contributed by atoms with Crippen LogP contribution in [-0.2, 0) is 26.0 Å². The number of pyridine rings is 1. The Labute approximate surface area is 478 Å². The highest BCUT2D eigenvalue weighted by Gasteiger charge is 2.51. The van der Waals surface area contributed by atoms with Crippen LogP contribution in [0.15, 0.2) is 90.0 Å². The van der Waals surface area contributed by atoms with E-state index in [0.717, 1.165) is 86.5 Å². The lowest BCUT2D eigenvalue weighted by molar-refractivity contribution is -0.384. The molecule has 3 N–H and O–H groups in total. The third-order valence-corrected chi connectivity index (χ3v) is 19.4. The number of nitrogens with zero attached hydrogens (tertiary/aromatic N) is 6. The van der Waals surface area contributed by atoms with Crippen LogP contribution in [0.1, 0.15) is 86.3 Å². The Hall–Kier alpha value is -7.18. The Morgan fingerprint density at radius 1 is 0.892 bits per heavy atom. The number of aromatic amines is 1. The van der Waals surface area contributed by atoms with Gasteiger partial charge in [-0.1, -0.05) is 24.3 Å². The summed E-state index contributed by atoms with van der Waals surface area (Å²) in [4.78, 5) is 42.9. The number of carbonyl (C=O) groups is 1. The van der Waals surface area contributed by atoms with Gasteiger partial charge in [0.15, 0.2) is 23.1 Å². The van der Waals surface area contributed by atoms with Gasteiger partial charge in [0.1, 0.15) is 35.6 Å². The Bertz CT molecular complexity index is 3590. The molecule has 0 radical (unpaired) electrons. The summed E-state index contributed by atoms with van der Waals surface area (Å²) >= 11 is 0. The molecular weight excluding hydrogens is 1100 g/mol. The first-order chi connectivity index (χ1) is 40.1. The highest BCUT2D eigenvalue weighted by atomic mass is 32.2. The molecule has 2 aromatic heterocycles. The number of para-hydroxylation sites is 1. The molecule has 1 amide bonds. The van der Waals surface area contributed by atoms with Gasteiger partial charge in [0, 0.05) is 94.4 Å². The fourth-order valence-electron chi connectivity index (χ4n) is 13.8. The molecule has 0 bridgehead atoms. The predicted octanol–water partition coefficient (Wildman–Crippen LogP) is 9.39. The van der Waals surface area contributed by atoms with E-state index in [1.54, 1.807) is 18.3 Å². The van der Waals surface area contributed by atoms with E-state index in [9.17, 15) is 32.1 Å². The quantitative estimate of drug-likeness (QED) is 0.0727. The number of aromatic nitrogens is 2. The Morgan fingerprint density at radius 3 is 2.47 bits per heavy atom. The summed E-state index contributed by atoms with van der Waals surface area (Å²) in [7, 11) is -4.87. The van der Waals surface area contributed by atoms with Gasteiger partial charge in [0.05, 0.1) is 57.6 Å². The van der Waals surface area contributed by atoms with Gasteiger partial charge >= 0.3 is 0 Å². The zero-order valence-electron chi connectivity index (χ0n) is 46.2. The molecule has 4 atom stereocenters. The maximum Gasteiger partial charge on any atom is 0.297 e. The predicted molar refractivity (Wildman–Crippen MR) is 303 cm³/mol. The Morgan fingerprint density at radius 2 is 1.69 bits per heavy atom. The Balaban J connectivity index is 0.785. The van der Waals surface area contributed by atoms with Crippen molar-refractivity contribution < 1.29 is 55.0 Å². The summed E-state index contributed by atoms with van der Waals surface area (Å²) in [6.07, 6.45) is 6.43. The van der Waals surface area contributed by atoms with Gasteiger partial charge in [0.2, 0.25) is 5.88 Å². The number of nitro groups is 1. The molecule has 0 unspecified atom stereocenters. The number of benzene rings is 4. The van der Waals surface area contributed by atoms with Crippen LogP contribution < -0.4 is 34.0 Å². The number of piperazine rings is 1. The number of rotatable bonds is 13. The number of ether oxygens (including phenoxy) is 5. The number of anilines is 4. The number of hydrogen-bond donors (Lipinski definition) is 3. The van der Waals surface area contributed by atoms with Crippen molar-refractivity contribution in [1.82, 2.24) is 24.5 Å². The van der Waals surface area contributed by atoms with Crippen molar-refractivity contribution in [3.63, 3.8) is 0 Å². The molecule has 1 saturated carbocycles. The van der Waals surface area contributed by atoms with E-state index in [-0.39, 0.29) is 83.0 Å². The molecule has 6 aromatic rings. The summed E-state index contributed by atoms with van der Waals surface area (Å²) in [5.41, 5.74) is 2.49. The fourth-order valence-corrected chi connectivity index (χ4v) is 14.8. The maximum absolute atomic E-state index is 17.3. The van der Waals surface area contributed by atoms with E-state index in [1.807, 2.05) is 54.0 Å². The molecule has 83 heavy (non-hydrogen) atoms. The van der Waals surface area contributed by atoms with Gasteiger partial charge in [-0.05, 0) is 118 Å². The zero-order valence-corrected chi connectivity index (χ0v) is 47.0. The molecule has 4 aromatic carbocycles. The number of nitro benzene ring substituents is 1. The second kappa shape index (κ2) is 22.1. The second-order valence-electron chi connectivity index (χ2n) is 23.5. The molecule has 4 saturated heterocycles. The monoisotopic (exact) mass is 1160 g/mol. The van der Waals surface area contributed by atoms with Crippen LogP contribution in [0.3, 0.4) is 0 Å². The fraction of sp³-hybridized carbons (Fsp3) is 0.467. The van der Waals surface area contributed by atoms with E-state index in [0.29, 0.717) is 69.3 Å². The summed E-state index contributed by atoms with van der Waals surface area (Å²) in [5, 5.41) is 16.6. The molecule has 7 aliphatic rings. The minimum atomic E-state index is -4.87. The lowest BCUT2D eigenvalue weighted by Gasteiger charge is -2.58. The van der Waals surface area contributed by atoms with Crippen molar-refractivity contribution in [2.75, 3.05) is 80.9 Å². The average molecular weight is 1160 g/mol. The van der Waals surface area contributed by atoms with Crippen LogP contribution in [0.2, 0.25) is 0 Å². The van der Waals surface area contributed by atoms with Gasteiger partial charge in [-0.2, -0.15) is 4.98 Å². The lowest BCUT2D eigenvalue weighted by Crippen LogP contribution is -2.59. The zero-order chi connectivity index (χ0) is 57.3. The van der Waals surface area contributed by atoms with Crippen LogP contribution in [0.25, 0.3) is 11.0 Å². The van der Waals surface area contributed by atoms with Crippen LogP contribution >= 0.6 is 0 Å². The standard InChI is InChI=1S/C60H66F3N9O10S/c1-35(2)81-53-6-4-3-5-41(53)52-32-68(31-36-7-8-43(61)44(62)23-36)18-19-70(52)39-29-60(30-39)13-16-69(17-14-60)49-28-48(71-47-12-22-79-34-55(47)82-59-51(71)24-38-9-15-64-57(38)66-59)42(27-45(49)63)58(73)67-83(76,77)40-25-50(72(74)75)56-54(26-40)80-33-46(65-56)37-10-20-78-21-11-37/h3-9,15,23-28,35,37,39,46-47,52,55,65H,10-14,16-22,29-34H2,1-2H3,(H,64,66)(H,67,73)/t46-,47-,52-,55-/m0/s1. The largest absolute Gasteiger partial charge is 0.491 e. The van der Waals surface area contributed by atoms with Crippen LogP contribution in [0, 0.1) is 38.9 Å². The third kappa shape index (κ3) is 10.7. The van der Waals surface area contributed by atoms with Gasteiger partial charge in [-0.3, -0.25) is 24.7 Å². The lowest BCUT2D eigenvalue weighted by atomic mass is 9.59. The number of amides is 1. The van der Waals surface area contributed by atoms with Crippen LogP contribution in [0.5, 0.6) is 17.4 Å². The van der Waals surface area contributed by atoms with E-state index >= 15 is 4.39 Å². The van der Waals surface area contributed by atoms with Crippen LogP contribution in [0.4, 0.5) is 41.6 Å². The van der Waals surface area contributed by atoms with Crippen molar-refractivity contribution in [1.29, 1.82) is 0 Å². The number of hydrogen-bond acceptors (Lipinski definition) is 16. The smallest absolute Gasteiger partial charge is 0.297 e. The first-order valence-corrected chi connectivity index (χ1v) is 30.2. The van der Waals surface area contributed by atoms with Gasteiger partial charge in [-0.15, -0.1) is 0 Å². The SMILES string of the molecule is CC(C)Oc1ccccc1[C@@H]1CN(Cc2ccc(F)c(F)c2)CCN1C1CC2(CCN(c3cc(N4c5cc6cc[nH]c6nc5O[C@H]5COCC[C@@H]54)c(C(=O)NS(=O)(=O)c4cc5c(c([N+](=O)[O-])c4)N[C@H](C4CCOCC4)CO5)cc3F)CC2)C1. The highest BCUT2D eigenvalue weighted by molar-refractivity contribution is 7.90. The third-order valence-electron chi connectivity index (χ3n) is 18.1. The molecule has 5 fully saturated rings. The summed E-state index contributed by atoms with van der Waals surface area (Å²) in [6, 6.07) is 20.2. The van der Waals surface area contributed by atoms with Crippen molar-refractivity contribution in [2.24, 2.45) is 11.3 Å². The average Bonchev–Trinajstić information content (AvgIpc) is 3.57. The number of nitrogens with one attached hydrogen (secondary N) is 3. The van der Waals surface area contributed by atoms with Crippen molar-refractivity contribution in [2.45, 2.75) is 107 Å². The van der Waals surface area contributed by atoms with Crippen molar-refractivity contribution >= 4 is 55.4 Å². The molecule has 8 heterocycles. The van der Waals surface area contributed by atoms with Gasteiger partial charge in [0.25, 0.3) is 21.6 Å². The molecule has 13 rings (SSSR count). The molecule has 23 heteroatoms. The van der Waals surface area contributed by atoms with E-state index < -0.39 is 61.0 Å². The maximum atomic E-state index is 17.3. The van der Waals surface area contributed by atoms with Crippen LogP contribution in [-0.4, -0.2) is 135 Å². The summed E-state index contributed by atoms with van der Waals surface area (Å²) in [6.45, 7) is 9.42. The normalized spacial score (nSPS) is 23.1. The van der Waals surface area contributed by atoms with E-state index in [2.05, 4.69) is 30.9 Å². The number of H-pyrrole nitrogens is 1. The highest BCUT2D eigenvalue weighted by Crippen LogP contribution is 2.54. The number of halogens is 3.